The Kier molecular flexibility index (Phi) is 5.89. The van der Waals surface area contributed by atoms with Gasteiger partial charge < -0.3 is 9.80 Å². The topological polar surface area (TPSA) is 49.3 Å². The third-order valence-electron chi connectivity index (χ3n) is 7.36. The van der Waals surface area contributed by atoms with Crippen LogP contribution in [0.3, 0.4) is 0 Å². The van der Waals surface area contributed by atoms with Gasteiger partial charge in [-0.05, 0) is 48.3 Å². The van der Waals surface area contributed by atoms with Gasteiger partial charge in [0.1, 0.15) is 16.5 Å². The molecule has 2 aliphatic rings. The lowest BCUT2D eigenvalue weighted by atomic mass is 9.72. The maximum absolute atomic E-state index is 12.9. The Balaban J connectivity index is 1.43. The number of hydrogen-bond donors (Lipinski definition) is 0. The van der Waals surface area contributed by atoms with E-state index in [2.05, 4.69) is 32.6 Å². The molecular formula is C27H34N4OS. The largest absolute Gasteiger partial charge is 0.352 e. The number of fused-ring (bicyclic) bond motifs is 3. The van der Waals surface area contributed by atoms with Crippen molar-refractivity contribution in [2.45, 2.75) is 53.4 Å². The van der Waals surface area contributed by atoms with Crippen LogP contribution in [0.15, 0.2) is 30.3 Å². The van der Waals surface area contributed by atoms with Crippen molar-refractivity contribution in [3.63, 3.8) is 0 Å². The van der Waals surface area contributed by atoms with Crippen LogP contribution in [0.4, 0.5) is 5.82 Å². The molecule has 0 saturated carbocycles. The Labute approximate surface area is 200 Å². The number of nitrogens with zero attached hydrogens (tertiary/aromatic N) is 4. The Morgan fingerprint density at radius 1 is 1.09 bits per heavy atom. The zero-order chi connectivity index (χ0) is 23.2. The first kappa shape index (κ1) is 22.3. The van der Waals surface area contributed by atoms with Gasteiger partial charge in [0.2, 0.25) is 0 Å². The molecule has 1 aliphatic carbocycles. The molecule has 1 fully saturated rings. The Hall–Kier alpha value is -2.47. The molecule has 1 saturated heterocycles. The number of hydrogen-bond acceptors (Lipinski definition) is 5. The number of carbonyl (C=O) groups excluding carboxylic acids is 1. The fourth-order valence-corrected chi connectivity index (χ4v) is 6.52. The molecule has 3 heterocycles. The third kappa shape index (κ3) is 4.25. The molecule has 1 amide bonds. The van der Waals surface area contributed by atoms with Crippen molar-refractivity contribution in [3.05, 3.63) is 52.2 Å². The van der Waals surface area contributed by atoms with E-state index in [1.165, 1.54) is 22.2 Å². The predicted molar refractivity (Wildman–Crippen MR) is 136 cm³/mol. The number of aromatic nitrogens is 2. The van der Waals surface area contributed by atoms with Crippen LogP contribution in [0.5, 0.6) is 0 Å². The number of carbonyl (C=O) groups is 1. The standard InChI is InChI=1S/C27H34N4OS/c1-5-22-28-24(30-13-15-31(16-14-30)26(32)18-9-7-6-8-10-18)23-20-12-11-19(27(2,3)4)17-21(20)33-25(23)29-22/h6-10,19H,5,11-17H2,1-4H3/t19-/m0/s1. The molecule has 3 aromatic rings. The molecular weight excluding hydrogens is 428 g/mol. The van der Waals surface area contributed by atoms with Crippen LogP contribution in [-0.4, -0.2) is 47.0 Å². The summed E-state index contributed by atoms with van der Waals surface area (Å²) in [7, 11) is 0. The summed E-state index contributed by atoms with van der Waals surface area (Å²) in [5, 5.41) is 1.28. The summed E-state index contributed by atoms with van der Waals surface area (Å²) < 4.78 is 0. The van der Waals surface area contributed by atoms with Gasteiger partial charge in [-0.3, -0.25) is 4.79 Å². The first-order valence-corrected chi connectivity index (χ1v) is 13.1. The Morgan fingerprint density at radius 2 is 1.82 bits per heavy atom. The van der Waals surface area contributed by atoms with Crippen LogP contribution in [0.2, 0.25) is 0 Å². The van der Waals surface area contributed by atoms with Crippen molar-refractivity contribution in [2.24, 2.45) is 11.3 Å². The van der Waals surface area contributed by atoms with Crippen LogP contribution in [0.1, 0.15) is 60.7 Å². The smallest absolute Gasteiger partial charge is 0.253 e. The van der Waals surface area contributed by atoms with Gasteiger partial charge >= 0.3 is 0 Å². The fourth-order valence-electron chi connectivity index (χ4n) is 5.21. The molecule has 0 unspecified atom stereocenters. The van der Waals surface area contributed by atoms with Crippen LogP contribution in [-0.2, 0) is 19.3 Å². The maximum Gasteiger partial charge on any atom is 0.253 e. The van der Waals surface area contributed by atoms with Gasteiger partial charge in [0.05, 0.1) is 5.39 Å². The van der Waals surface area contributed by atoms with E-state index in [1.807, 2.05) is 46.6 Å². The number of anilines is 1. The lowest BCUT2D eigenvalue weighted by Crippen LogP contribution is -2.49. The summed E-state index contributed by atoms with van der Waals surface area (Å²) in [6.07, 6.45) is 4.34. The predicted octanol–water partition coefficient (Wildman–Crippen LogP) is 5.37. The molecule has 1 aliphatic heterocycles. The maximum atomic E-state index is 12.9. The summed E-state index contributed by atoms with van der Waals surface area (Å²) in [4.78, 5) is 29.9. The fraction of sp³-hybridized carbons (Fsp3) is 0.519. The molecule has 0 bridgehead atoms. The summed E-state index contributed by atoms with van der Waals surface area (Å²) in [5.74, 6) is 2.85. The SMILES string of the molecule is CCc1nc(N2CCN(C(=O)c3ccccc3)CC2)c2c3c(sc2n1)C[C@@H](C(C)(C)C)CC3. The normalized spacial score (nSPS) is 19.1. The number of piperazine rings is 1. The molecule has 5 nitrogen and oxygen atoms in total. The molecule has 0 radical (unpaired) electrons. The highest BCUT2D eigenvalue weighted by molar-refractivity contribution is 7.19. The second kappa shape index (κ2) is 8.71. The molecule has 2 aromatic heterocycles. The minimum atomic E-state index is 0.124. The minimum Gasteiger partial charge on any atom is -0.352 e. The number of aryl methyl sites for hydroxylation is 2. The van der Waals surface area contributed by atoms with Crippen LogP contribution in [0, 0.1) is 11.3 Å². The van der Waals surface area contributed by atoms with E-state index in [0.717, 1.165) is 67.5 Å². The summed E-state index contributed by atoms with van der Waals surface area (Å²) in [5.41, 5.74) is 2.58. The van der Waals surface area contributed by atoms with Gasteiger partial charge in [-0.25, -0.2) is 9.97 Å². The van der Waals surface area contributed by atoms with Crippen molar-refractivity contribution in [2.75, 3.05) is 31.1 Å². The average Bonchev–Trinajstić information content (AvgIpc) is 3.21. The molecule has 0 spiro atoms. The summed E-state index contributed by atoms with van der Waals surface area (Å²) >= 11 is 1.89. The highest BCUT2D eigenvalue weighted by Gasteiger charge is 2.33. The Morgan fingerprint density at radius 3 is 2.48 bits per heavy atom. The third-order valence-corrected chi connectivity index (χ3v) is 8.51. The van der Waals surface area contributed by atoms with Gasteiger partial charge in [-0.2, -0.15) is 0 Å². The van der Waals surface area contributed by atoms with Crippen molar-refractivity contribution in [3.8, 4) is 0 Å². The number of thiophene rings is 1. The van der Waals surface area contributed by atoms with E-state index in [9.17, 15) is 4.79 Å². The summed E-state index contributed by atoms with van der Waals surface area (Å²) in [6.45, 7) is 12.3. The van der Waals surface area contributed by atoms with Gasteiger partial charge in [-0.15, -0.1) is 11.3 Å². The second-order valence-corrected chi connectivity index (χ2v) is 11.5. The zero-order valence-electron chi connectivity index (χ0n) is 20.2. The average molecular weight is 463 g/mol. The lowest BCUT2D eigenvalue weighted by molar-refractivity contribution is 0.0746. The van der Waals surface area contributed by atoms with Gasteiger partial charge in [0.15, 0.2) is 0 Å². The quantitative estimate of drug-likeness (QED) is 0.525. The number of benzene rings is 1. The van der Waals surface area contributed by atoms with Crippen LogP contribution >= 0.6 is 11.3 Å². The van der Waals surface area contributed by atoms with Crippen molar-refractivity contribution in [1.82, 2.24) is 14.9 Å². The van der Waals surface area contributed by atoms with Gasteiger partial charge in [0, 0.05) is 43.0 Å². The highest BCUT2D eigenvalue weighted by Crippen LogP contribution is 2.45. The van der Waals surface area contributed by atoms with E-state index in [4.69, 9.17) is 9.97 Å². The van der Waals surface area contributed by atoms with E-state index >= 15 is 0 Å². The van der Waals surface area contributed by atoms with Crippen LogP contribution in [0.25, 0.3) is 10.2 Å². The molecule has 1 atom stereocenters. The lowest BCUT2D eigenvalue weighted by Gasteiger charge is -2.36. The number of rotatable bonds is 3. The molecule has 33 heavy (non-hydrogen) atoms. The van der Waals surface area contributed by atoms with E-state index in [1.54, 1.807) is 0 Å². The van der Waals surface area contributed by atoms with Crippen molar-refractivity contribution < 1.29 is 4.79 Å². The van der Waals surface area contributed by atoms with Crippen LogP contribution < -0.4 is 4.90 Å². The first-order chi connectivity index (χ1) is 15.8. The Bertz CT molecular complexity index is 1160. The molecule has 0 N–H and O–H groups in total. The van der Waals surface area contributed by atoms with Crippen molar-refractivity contribution in [1.29, 1.82) is 0 Å². The summed E-state index contributed by atoms with van der Waals surface area (Å²) in [6, 6.07) is 9.61. The van der Waals surface area contributed by atoms with Crippen molar-refractivity contribution >= 4 is 33.3 Å². The molecule has 1 aromatic carbocycles. The monoisotopic (exact) mass is 462 g/mol. The van der Waals surface area contributed by atoms with E-state index < -0.39 is 0 Å². The second-order valence-electron chi connectivity index (χ2n) is 10.5. The van der Waals surface area contributed by atoms with Gasteiger partial charge in [0.25, 0.3) is 5.91 Å². The molecule has 5 rings (SSSR count). The zero-order valence-corrected chi connectivity index (χ0v) is 21.0. The molecule has 174 valence electrons. The first-order valence-electron chi connectivity index (χ1n) is 12.3. The molecule has 6 heteroatoms. The van der Waals surface area contributed by atoms with E-state index in [-0.39, 0.29) is 5.91 Å². The highest BCUT2D eigenvalue weighted by atomic mass is 32.1. The van der Waals surface area contributed by atoms with E-state index in [0.29, 0.717) is 11.3 Å². The number of amides is 1. The minimum absolute atomic E-state index is 0.124. The van der Waals surface area contributed by atoms with Gasteiger partial charge in [-0.1, -0.05) is 45.9 Å².